The molecule has 1 aromatic carbocycles. The van der Waals surface area contributed by atoms with Gasteiger partial charge >= 0.3 is 12.1 Å². The summed E-state index contributed by atoms with van der Waals surface area (Å²) in [5.41, 5.74) is 0.519. The standard InChI is InChI=1S/C20H17ClF3N3O2/c1-26(2)10-15(19(28)29-3)14-11-27(17-7-5-4-6-13(14)17)18-16(21)8-12(9-25-18)20(22,23)24/h4-11H,1-3H3. The fraction of sp³-hybridized carbons (Fsp3) is 0.200. The number of carbonyl (C=O) groups is 1. The highest BCUT2D eigenvalue weighted by Crippen LogP contribution is 2.35. The van der Waals surface area contributed by atoms with Gasteiger partial charge in [-0.05, 0) is 12.1 Å². The van der Waals surface area contributed by atoms with Crippen LogP contribution in [0.25, 0.3) is 22.3 Å². The Morgan fingerprint density at radius 3 is 2.55 bits per heavy atom. The molecule has 9 heteroatoms. The predicted molar refractivity (Wildman–Crippen MR) is 105 cm³/mol. The Balaban J connectivity index is 2.26. The maximum atomic E-state index is 12.9. The number of carbonyl (C=O) groups excluding carboxylic acids is 1. The van der Waals surface area contributed by atoms with Gasteiger partial charge in [-0.25, -0.2) is 9.78 Å². The van der Waals surface area contributed by atoms with Crippen molar-refractivity contribution in [2.75, 3.05) is 21.2 Å². The maximum absolute atomic E-state index is 12.9. The third-order valence-electron chi connectivity index (χ3n) is 4.17. The van der Waals surface area contributed by atoms with Gasteiger partial charge in [0, 0.05) is 43.6 Å². The molecule has 0 bridgehead atoms. The lowest BCUT2D eigenvalue weighted by Crippen LogP contribution is -2.10. The molecular formula is C20H17ClF3N3O2. The van der Waals surface area contributed by atoms with E-state index in [1.807, 2.05) is 0 Å². The first kappa shape index (κ1) is 20.7. The molecule has 3 rings (SSSR count). The minimum atomic E-state index is -4.55. The maximum Gasteiger partial charge on any atom is 0.417 e. The number of fused-ring (bicyclic) bond motifs is 1. The molecule has 0 spiro atoms. The smallest absolute Gasteiger partial charge is 0.417 e. The monoisotopic (exact) mass is 423 g/mol. The van der Waals surface area contributed by atoms with Crippen LogP contribution in [0.1, 0.15) is 11.1 Å². The number of hydrogen-bond acceptors (Lipinski definition) is 4. The van der Waals surface area contributed by atoms with Crippen LogP contribution in [0.4, 0.5) is 13.2 Å². The molecule has 0 fully saturated rings. The second-order valence-electron chi connectivity index (χ2n) is 6.46. The predicted octanol–water partition coefficient (Wildman–Crippen LogP) is 4.77. The summed E-state index contributed by atoms with van der Waals surface area (Å²) in [5.74, 6) is -0.427. The lowest BCUT2D eigenvalue weighted by Gasteiger charge is -2.11. The summed E-state index contributed by atoms with van der Waals surface area (Å²) in [7, 11) is 4.80. The van der Waals surface area contributed by atoms with Crippen LogP contribution in [0, 0.1) is 0 Å². The highest BCUT2D eigenvalue weighted by molar-refractivity contribution is 6.32. The first-order valence-electron chi connectivity index (χ1n) is 8.43. The van der Waals surface area contributed by atoms with E-state index in [2.05, 4.69) is 4.98 Å². The number of halogens is 4. The molecule has 0 unspecified atom stereocenters. The third-order valence-corrected chi connectivity index (χ3v) is 4.45. The number of aromatic nitrogens is 2. The molecular weight excluding hydrogens is 407 g/mol. The summed E-state index contributed by atoms with van der Waals surface area (Å²) in [5, 5.41) is 0.534. The Hall–Kier alpha value is -3.00. The summed E-state index contributed by atoms with van der Waals surface area (Å²) in [6, 6.07) is 7.95. The molecule has 0 aliphatic carbocycles. The normalized spacial score (nSPS) is 12.3. The average molecular weight is 424 g/mol. The van der Waals surface area contributed by atoms with Crippen LogP contribution in [-0.4, -0.2) is 41.6 Å². The minimum Gasteiger partial charge on any atom is -0.465 e. The van der Waals surface area contributed by atoms with Crippen molar-refractivity contribution in [1.29, 1.82) is 0 Å². The number of pyridine rings is 1. The van der Waals surface area contributed by atoms with Crippen LogP contribution in [0.3, 0.4) is 0 Å². The Morgan fingerprint density at radius 2 is 1.97 bits per heavy atom. The average Bonchev–Trinajstić information content (AvgIpc) is 3.04. The Morgan fingerprint density at radius 1 is 1.28 bits per heavy atom. The van der Waals surface area contributed by atoms with Gasteiger partial charge in [-0.1, -0.05) is 29.8 Å². The van der Waals surface area contributed by atoms with Gasteiger partial charge in [0.15, 0.2) is 5.82 Å². The van der Waals surface area contributed by atoms with E-state index in [1.165, 1.54) is 7.11 Å². The van der Waals surface area contributed by atoms with Gasteiger partial charge < -0.3 is 9.64 Å². The van der Waals surface area contributed by atoms with Gasteiger partial charge in [-0.2, -0.15) is 13.2 Å². The topological polar surface area (TPSA) is 47.4 Å². The molecule has 152 valence electrons. The van der Waals surface area contributed by atoms with Gasteiger partial charge in [-0.3, -0.25) is 4.57 Å². The third kappa shape index (κ3) is 4.07. The van der Waals surface area contributed by atoms with Crippen LogP contribution < -0.4 is 0 Å². The summed E-state index contributed by atoms with van der Waals surface area (Å²) < 4.78 is 45.3. The van der Waals surface area contributed by atoms with E-state index in [0.29, 0.717) is 16.5 Å². The quantitative estimate of drug-likeness (QED) is 0.448. The molecule has 0 saturated heterocycles. The van der Waals surface area contributed by atoms with E-state index in [0.717, 1.165) is 12.3 Å². The number of methoxy groups -OCH3 is 1. The van der Waals surface area contributed by atoms with Crippen LogP contribution in [0.5, 0.6) is 0 Å². The van der Waals surface area contributed by atoms with Crippen LogP contribution in [-0.2, 0) is 15.7 Å². The number of esters is 1. The molecule has 3 aromatic rings. The highest BCUT2D eigenvalue weighted by atomic mass is 35.5. The Labute approximate surface area is 170 Å². The van der Waals surface area contributed by atoms with Gasteiger partial charge in [0.1, 0.15) is 0 Å². The van der Waals surface area contributed by atoms with Crippen LogP contribution in [0.2, 0.25) is 5.02 Å². The second-order valence-corrected chi connectivity index (χ2v) is 6.86. The molecule has 29 heavy (non-hydrogen) atoms. The highest BCUT2D eigenvalue weighted by Gasteiger charge is 2.32. The van der Waals surface area contributed by atoms with Gasteiger partial charge in [-0.15, -0.1) is 0 Å². The molecule has 0 aliphatic heterocycles. The number of benzene rings is 1. The van der Waals surface area contributed by atoms with Gasteiger partial charge in [0.05, 0.1) is 28.8 Å². The molecule has 0 aliphatic rings. The first-order chi connectivity index (χ1) is 13.6. The SMILES string of the molecule is COC(=O)C(=CN(C)C)c1cn(-c2ncc(C(F)(F)F)cc2Cl)c2ccccc12. The number of para-hydroxylation sites is 1. The van der Waals surface area contributed by atoms with Gasteiger partial charge in [0.2, 0.25) is 0 Å². The number of alkyl halides is 3. The van der Waals surface area contributed by atoms with Crippen molar-refractivity contribution in [1.82, 2.24) is 14.5 Å². The zero-order chi connectivity index (χ0) is 21.3. The summed E-state index contributed by atoms with van der Waals surface area (Å²) in [4.78, 5) is 18.0. The lowest BCUT2D eigenvalue weighted by atomic mass is 10.1. The van der Waals surface area contributed by atoms with E-state index in [9.17, 15) is 18.0 Å². The fourth-order valence-corrected chi connectivity index (χ4v) is 3.19. The Kier molecular flexibility index (Phi) is 5.57. The molecule has 0 atom stereocenters. The van der Waals surface area contributed by atoms with Crippen molar-refractivity contribution < 1.29 is 22.7 Å². The van der Waals surface area contributed by atoms with Crippen LogP contribution >= 0.6 is 11.6 Å². The lowest BCUT2D eigenvalue weighted by molar-refractivity contribution is -0.138. The van der Waals surface area contributed by atoms with Gasteiger partial charge in [0.25, 0.3) is 0 Å². The van der Waals surface area contributed by atoms with Crippen molar-refractivity contribution in [2.45, 2.75) is 6.18 Å². The molecule has 0 amide bonds. The minimum absolute atomic E-state index is 0.121. The number of ether oxygens (including phenoxy) is 1. The number of hydrogen-bond donors (Lipinski definition) is 0. The summed E-state index contributed by atoms with van der Waals surface area (Å²) in [6.45, 7) is 0. The zero-order valence-electron chi connectivity index (χ0n) is 15.8. The number of nitrogens with zero attached hydrogens (tertiary/aromatic N) is 3. The van der Waals surface area contributed by atoms with E-state index in [1.54, 1.807) is 60.2 Å². The van der Waals surface area contributed by atoms with E-state index in [4.69, 9.17) is 16.3 Å². The zero-order valence-corrected chi connectivity index (χ0v) is 16.5. The largest absolute Gasteiger partial charge is 0.465 e. The summed E-state index contributed by atoms with van der Waals surface area (Å²) in [6.07, 6.45) is -0.601. The molecule has 2 aromatic heterocycles. The Bertz CT molecular complexity index is 1100. The van der Waals surface area contributed by atoms with Crippen molar-refractivity contribution in [3.63, 3.8) is 0 Å². The molecule has 0 saturated carbocycles. The van der Waals surface area contributed by atoms with Crippen molar-refractivity contribution in [2.24, 2.45) is 0 Å². The van der Waals surface area contributed by atoms with Crippen molar-refractivity contribution in [3.05, 3.63) is 65.1 Å². The fourth-order valence-electron chi connectivity index (χ4n) is 2.93. The van der Waals surface area contributed by atoms with E-state index >= 15 is 0 Å². The van der Waals surface area contributed by atoms with Crippen molar-refractivity contribution >= 4 is 34.0 Å². The number of rotatable bonds is 4. The van der Waals surface area contributed by atoms with Crippen molar-refractivity contribution in [3.8, 4) is 5.82 Å². The first-order valence-corrected chi connectivity index (χ1v) is 8.81. The van der Waals surface area contributed by atoms with E-state index in [-0.39, 0.29) is 16.4 Å². The summed E-state index contributed by atoms with van der Waals surface area (Å²) >= 11 is 6.14. The molecule has 2 heterocycles. The second kappa shape index (κ2) is 7.79. The molecule has 0 N–H and O–H groups in total. The molecule has 0 radical (unpaired) electrons. The van der Waals surface area contributed by atoms with E-state index < -0.39 is 17.7 Å². The van der Waals surface area contributed by atoms with Crippen LogP contribution in [0.15, 0.2) is 48.9 Å². The molecule has 5 nitrogen and oxygen atoms in total.